The van der Waals surface area contributed by atoms with Gasteiger partial charge in [0.15, 0.2) is 0 Å². The van der Waals surface area contributed by atoms with Crippen LogP contribution in [0.3, 0.4) is 0 Å². The predicted molar refractivity (Wildman–Crippen MR) is 101 cm³/mol. The number of halogens is 1. The number of pyridine rings is 1. The fraction of sp³-hybridized carbons (Fsp3) is 0.100. The van der Waals surface area contributed by atoms with Gasteiger partial charge in [-0.05, 0) is 24.3 Å². The van der Waals surface area contributed by atoms with Crippen molar-refractivity contribution in [1.29, 1.82) is 0 Å². The van der Waals surface area contributed by atoms with E-state index in [-0.39, 0.29) is 5.97 Å². The summed E-state index contributed by atoms with van der Waals surface area (Å²) < 4.78 is 8.54. The number of hydrogen-bond acceptors (Lipinski definition) is 3. The zero-order valence-corrected chi connectivity index (χ0v) is 14.8. The van der Waals surface area contributed by atoms with E-state index in [0.717, 1.165) is 22.5 Å². The molecule has 0 amide bonds. The van der Waals surface area contributed by atoms with Gasteiger partial charge in [0.2, 0.25) is 0 Å². The Hall–Kier alpha value is -3.05. The molecule has 26 heavy (non-hydrogen) atoms. The Balaban J connectivity index is 1.73. The van der Waals surface area contributed by atoms with Gasteiger partial charge >= 0.3 is 5.97 Å². The predicted octanol–water partition coefficient (Wildman–Crippen LogP) is 4.29. The van der Waals surface area contributed by atoms with Crippen molar-refractivity contribution in [2.45, 2.75) is 6.54 Å². The Bertz CT molecular complexity index is 1080. The van der Waals surface area contributed by atoms with Gasteiger partial charge in [-0.1, -0.05) is 41.9 Å². The van der Waals surface area contributed by atoms with Crippen LogP contribution in [0.15, 0.2) is 67.0 Å². The molecule has 0 saturated carbocycles. The highest BCUT2D eigenvalue weighted by molar-refractivity contribution is 6.31. The van der Waals surface area contributed by atoms with E-state index in [2.05, 4.69) is 0 Å². The maximum Gasteiger partial charge on any atom is 0.339 e. The summed E-state index contributed by atoms with van der Waals surface area (Å²) in [5.74, 6) is -0.356. The lowest BCUT2D eigenvalue weighted by atomic mass is 10.1. The molecule has 0 aliphatic carbocycles. The van der Waals surface area contributed by atoms with Crippen LogP contribution < -0.4 is 0 Å². The lowest BCUT2D eigenvalue weighted by molar-refractivity contribution is 0.0600. The molecule has 5 nitrogen and oxygen atoms in total. The largest absolute Gasteiger partial charge is 0.465 e. The number of fused-ring (bicyclic) bond motifs is 1. The molecular weight excluding hydrogens is 350 g/mol. The molecular formula is C20H16ClN3O2. The van der Waals surface area contributed by atoms with Crippen molar-refractivity contribution in [1.82, 2.24) is 14.2 Å². The average Bonchev–Trinajstić information content (AvgIpc) is 3.29. The van der Waals surface area contributed by atoms with Crippen LogP contribution in [0.4, 0.5) is 0 Å². The van der Waals surface area contributed by atoms with Gasteiger partial charge < -0.3 is 9.30 Å². The van der Waals surface area contributed by atoms with Gasteiger partial charge in [0.25, 0.3) is 0 Å². The molecule has 6 heteroatoms. The SMILES string of the molecule is COC(=O)c1ccn(Cc2cc(Cl)cc3cc(-c4ccccc4)nn23)c1. The molecule has 0 unspecified atom stereocenters. The van der Waals surface area contributed by atoms with Crippen molar-refractivity contribution >= 4 is 23.1 Å². The number of carbonyl (C=O) groups excluding carboxylic acids is 1. The minimum absolute atomic E-state index is 0.356. The van der Waals surface area contributed by atoms with Gasteiger partial charge in [0.05, 0.1) is 36.1 Å². The van der Waals surface area contributed by atoms with Crippen molar-refractivity contribution in [3.63, 3.8) is 0 Å². The van der Waals surface area contributed by atoms with Crippen LogP contribution in [0.5, 0.6) is 0 Å². The lowest BCUT2D eigenvalue weighted by Gasteiger charge is -2.07. The zero-order chi connectivity index (χ0) is 18.1. The Kier molecular flexibility index (Phi) is 4.22. The number of aromatic nitrogens is 3. The Labute approximate surface area is 155 Å². The molecule has 0 aliphatic heterocycles. The first-order valence-electron chi connectivity index (χ1n) is 8.12. The van der Waals surface area contributed by atoms with Crippen molar-refractivity contribution in [3.8, 4) is 11.3 Å². The molecule has 0 fully saturated rings. The fourth-order valence-corrected chi connectivity index (χ4v) is 3.20. The minimum atomic E-state index is -0.356. The Morgan fingerprint density at radius 2 is 1.96 bits per heavy atom. The summed E-state index contributed by atoms with van der Waals surface area (Å²) in [5, 5.41) is 5.38. The second-order valence-electron chi connectivity index (χ2n) is 5.96. The number of methoxy groups -OCH3 is 1. The molecule has 0 atom stereocenters. The third-order valence-corrected chi connectivity index (χ3v) is 4.40. The standard InChI is InChI=1S/C20H16ClN3O2/c1-26-20(25)15-7-8-23(12-15)13-18-10-16(21)9-17-11-19(22-24(17)18)14-5-3-2-4-6-14/h2-12H,13H2,1H3. The highest BCUT2D eigenvalue weighted by Gasteiger charge is 2.11. The third kappa shape index (κ3) is 3.09. The van der Waals surface area contributed by atoms with Crippen molar-refractivity contribution in [2.75, 3.05) is 7.11 Å². The highest BCUT2D eigenvalue weighted by atomic mass is 35.5. The van der Waals surface area contributed by atoms with Crippen molar-refractivity contribution < 1.29 is 9.53 Å². The summed E-state index contributed by atoms with van der Waals surface area (Å²) in [6.07, 6.45) is 3.58. The summed E-state index contributed by atoms with van der Waals surface area (Å²) in [5.41, 5.74) is 4.29. The van der Waals surface area contributed by atoms with Crippen LogP contribution in [0.1, 0.15) is 16.1 Å². The second-order valence-corrected chi connectivity index (χ2v) is 6.40. The second kappa shape index (κ2) is 6.69. The number of rotatable bonds is 4. The van der Waals surface area contributed by atoms with Gasteiger partial charge in [0, 0.05) is 23.0 Å². The highest BCUT2D eigenvalue weighted by Crippen LogP contribution is 2.23. The topological polar surface area (TPSA) is 48.5 Å². The molecule has 4 rings (SSSR count). The molecule has 0 bridgehead atoms. The van der Waals surface area contributed by atoms with E-state index in [4.69, 9.17) is 21.4 Å². The van der Waals surface area contributed by atoms with Crippen molar-refractivity contribution in [2.24, 2.45) is 0 Å². The number of ether oxygens (including phenoxy) is 1. The molecule has 3 aromatic heterocycles. The summed E-state index contributed by atoms with van der Waals surface area (Å²) in [7, 11) is 1.37. The van der Waals surface area contributed by atoms with E-state index in [1.54, 1.807) is 12.3 Å². The van der Waals surface area contributed by atoms with E-state index in [1.165, 1.54) is 7.11 Å². The summed E-state index contributed by atoms with van der Waals surface area (Å²) in [6, 6.07) is 17.5. The number of esters is 1. The van der Waals surface area contributed by atoms with E-state index in [1.807, 2.05) is 63.8 Å². The zero-order valence-electron chi connectivity index (χ0n) is 14.1. The van der Waals surface area contributed by atoms with Crippen LogP contribution in [-0.4, -0.2) is 27.3 Å². The number of carbonyl (C=O) groups is 1. The molecule has 0 aliphatic rings. The first-order valence-corrected chi connectivity index (χ1v) is 8.49. The van der Waals surface area contributed by atoms with E-state index < -0.39 is 0 Å². The van der Waals surface area contributed by atoms with Crippen LogP contribution >= 0.6 is 11.6 Å². The van der Waals surface area contributed by atoms with E-state index in [0.29, 0.717) is 17.1 Å². The molecule has 0 saturated heterocycles. The molecule has 1 aromatic carbocycles. The third-order valence-electron chi connectivity index (χ3n) is 4.18. The molecule has 0 radical (unpaired) electrons. The number of benzene rings is 1. The van der Waals surface area contributed by atoms with E-state index >= 15 is 0 Å². The van der Waals surface area contributed by atoms with Gasteiger partial charge in [0.1, 0.15) is 0 Å². The van der Waals surface area contributed by atoms with Gasteiger partial charge in [-0.25, -0.2) is 9.31 Å². The van der Waals surface area contributed by atoms with Gasteiger partial charge in [-0.15, -0.1) is 0 Å². The average molecular weight is 366 g/mol. The van der Waals surface area contributed by atoms with Crippen LogP contribution in [0, 0.1) is 0 Å². The maximum absolute atomic E-state index is 11.6. The van der Waals surface area contributed by atoms with Gasteiger partial charge in [-0.2, -0.15) is 5.10 Å². The van der Waals surface area contributed by atoms with Crippen LogP contribution in [0.2, 0.25) is 5.02 Å². The molecule has 3 heterocycles. The van der Waals surface area contributed by atoms with Crippen LogP contribution in [-0.2, 0) is 11.3 Å². The number of hydrogen-bond donors (Lipinski definition) is 0. The first kappa shape index (κ1) is 16.4. The van der Waals surface area contributed by atoms with Crippen LogP contribution in [0.25, 0.3) is 16.8 Å². The first-order chi connectivity index (χ1) is 12.6. The molecule has 130 valence electrons. The maximum atomic E-state index is 11.6. The quantitative estimate of drug-likeness (QED) is 0.507. The smallest absolute Gasteiger partial charge is 0.339 e. The van der Waals surface area contributed by atoms with E-state index in [9.17, 15) is 4.79 Å². The molecule has 0 spiro atoms. The Morgan fingerprint density at radius 1 is 1.15 bits per heavy atom. The normalized spacial score (nSPS) is 11.0. The summed E-state index contributed by atoms with van der Waals surface area (Å²) in [6.45, 7) is 0.532. The molecule has 0 N–H and O–H groups in total. The monoisotopic (exact) mass is 365 g/mol. The Morgan fingerprint density at radius 3 is 2.73 bits per heavy atom. The summed E-state index contributed by atoms with van der Waals surface area (Å²) >= 11 is 6.30. The van der Waals surface area contributed by atoms with Crippen molar-refractivity contribution in [3.05, 3.63) is 83.3 Å². The number of nitrogens with zero attached hydrogens (tertiary/aromatic N) is 3. The van der Waals surface area contributed by atoms with Gasteiger partial charge in [-0.3, -0.25) is 0 Å². The lowest BCUT2D eigenvalue weighted by Crippen LogP contribution is -2.05. The fourth-order valence-electron chi connectivity index (χ4n) is 2.96. The summed E-state index contributed by atoms with van der Waals surface area (Å²) in [4.78, 5) is 11.6. The minimum Gasteiger partial charge on any atom is -0.465 e. The molecule has 4 aromatic rings.